The molecule has 7 heteroatoms. The van der Waals surface area contributed by atoms with Gasteiger partial charge in [0, 0.05) is 12.6 Å². The van der Waals surface area contributed by atoms with Gasteiger partial charge >= 0.3 is 12.1 Å². The highest BCUT2D eigenvalue weighted by molar-refractivity contribution is 5.82. The maximum Gasteiger partial charge on any atom is 0.408 e. The van der Waals surface area contributed by atoms with Crippen LogP contribution in [0.1, 0.15) is 52.8 Å². The smallest absolute Gasteiger partial charge is 0.408 e. The Labute approximate surface area is 148 Å². The number of aromatic nitrogens is 1. The van der Waals surface area contributed by atoms with Gasteiger partial charge in [0.05, 0.1) is 0 Å². The monoisotopic (exact) mass is 347 g/mol. The SMILES string of the molecule is CC(C)(C)OC(=O)N[C@@H](Cc1ccc(C#N)nc1)C(=O)OC(C)(C)C. The van der Waals surface area contributed by atoms with Gasteiger partial charge in [-0.3, -0.25) is 0 Å². The Morgan fingerprint density at radius 2 is 1.76 bits per heavy atom. The van der Waals surface area contributed by atoms with Gasteiger partial charge in [-0.25, -0.2) is 14.6 Å². The molecule has 7 nitrogen and oxygen atoms in total. The highest BCUT2D eigenvalue weighted by atomic mass is 16.6. The van der Waals surface area contributed by atoms with E-state index in [9.17, 15) is 9.59 Å². The fraction of sp³-hybridized carbons (Fsp3) is 0.556. The third-order valence-electron chi connectivity index (χ3n) is 2.76. The number of rotatable bonds is 4. The summed E-state index contributed by atoms with van der Waals surface area (Å²) in [7, 11) is 0. The van der Waals surface area contributed by atoms with Gasteiger partial charge in [-0.1, -0.05) is 6.07 Å². The van der Waals surface area contributed by atoms with E-state index in [2.05, 4.69) is 10.3 Å². The van der Waals surface area contributed by atoms with E-state index in [1.807, 2.05) is 6.07 Å². The Morgan fingerprint density at radius 3 is 2.20 bits per heavy atom. The van der Waals surface area contributed by atoms with E-state index in [1.54, 1.807) is 53.7 Å². The number of nitrogens with one attached hydrogen (secondary N) is 1. The molecule has 0 radical (unpaired) electrons. The molecule has 1 amide bonds. The van der Waals surface area contributed by atoms with E-state index < -0.39 is 29.3 Å². The van der Waals surface area contributed by atoms with Crippen molar-refractivity contribution < 1.29 is 19.1 Å². The summed E-state index contributed by atoms with van der Waals surface area (Å²) in [5.74, 6) is -0.567. The first-order valence-corrected chi connectivity index (χ1v) is 7.97. The van der Waals surface area contributed by atoms with E-state index in [4.69, 9.17) is 14.7 Å². The second-order valence-electron chi connectivity index (χ2n) is 7.60. The number of nitriles is 1. The molecule has 0 saturated carbocycles. The lowest BCUT2D eigenvalue weighted by Gasteiger charge is -2.26. The molecule has 25 heavy (non-hydrogen) atoms. The molecular weight excluding hydrogens is 322 g/mol. The second kappa shape index (κ2) is 7.97. The van der Waals surface area contributed by atoms with Gasteiger partial charge in [-0.15, -0.1) is 0 Å². The maximum absolute atomic E-state index is 12.4. The normalized spacial score (nSPS) is 12.7. The van der Waals surface area contributed by atoms with E-state index in [-0.39, 0.29) is 12.1 Å². The molecule has 0 unspecified atom stereocenters. The van der Waals surface area contributed by atoms with Gasteiger partial charge in [0.15, 0.2) is 0 Å². The summed E-state index contributed by atoms with van der Waals surface area (Å²) in [5, 5.41) is 11.3. The van der Waals surface area contributed by atoms with Crippen LogP contribution in [0, 0.1) is 11.3 Å². The number of amides is 1. The summed E-state index contributed by atoms with van der Waals surface area (Å²) in [6, 6.07) is 4.23. The van der Waals surface area contributed by atoms with Gasteiger partial charge in [0.2, 0.25) is 0 Å². The molecule has 1 N–H and O–H groups in total. The van der Waals surface area contributed by atoms with Crippen LogP contribution in [0.3, 0.4) is 0 Å². The van der Waals surface area contributed by atoms with Crippen LogP contribution in [0.2, 0.25) is 0 Å². The van der Waals surface area contributed by atoms with Crippen molar-refractivity contribution in [2.75, 3.05) is 0 Å². The fourth-order valence-electron chi connectivity index (χ4n) is 1.86. The Hall–Kier alpha value is -2.62. The number of nitrogens with zero attached hydrogens (tertiary/aromatic N) is 2. The summed E-state index contributed by atoms with van der Waals surface area (Å²) in [6.45, 7) is 10.5. The molecule has 1 heterocycles. The van der Waals surface area contributed by atoms with E-state index >= 15 is 0 Å². The topological polar surface area (TPSA) is 101 Å². The van der Waals surface area contributed by atoms with Crippen LogP contribution >= 0.6 is 0 Å². The lowest BCUT2D eigenvalue weighted by Crippen LogP contribution is -2.47. The maximum atomic E-state index is 12.4. The van der Waals surface area contributed by atoms with Crippen LogP contribution in [0.4, 0.5) is 4.79 Å². The summed E-state index contributed by atoms with van der Waals surface area (Å²) < 4.78 is 10.6. The molecule has 0 aliphatic rings. The van der Waals surface area contributed by atoms with E-state index in [1.165, 1.54) is 6.20 Å². The molecular formula is C18H25N3O4. The molecule has 0 spiro atoms. The predicted octanol–water partition coefficient (Wildman–Crippen LogP) is 2.73. The number of pyridine rings is 1. The van der Waals surface area contributed by atoms with Crippen molar-refractivity contribution in [1.82, 2.24) is 10.3 Å². The minimum Gasteiger partial charge on any atom is -0.458 e. The minimum absolute atomic E-state index is 0.173. The minimum atomic E-state index is -0.927. The van der Waals surface area contributed by atoms with E-state index in [0.717, 1.165) is 0 Å². The number of hydrogen-bond donors (Lipinski definition) is 1. The van der Waals surface area contributed by atoms with Gasteiger partial charge in [0.25, 0.3) is 0 Å². The Bertz CT molecular complexity index is 649. The number of esters is 1. The van der Waals surface area contributed by atoms with Crippen molar-refractivity contribution in [1.29, 1.82) is 5.26 Å². The standard InChI is InChI=1S/C18H25N3O4/c1-17(2,3)24-15(22)14(21-16(23)25-18(4,5)6)9-12-7-8-13(10-19)20-11-12/h7-8,11,14H,9H2,1-6H3,(H,21,23)/t14-/m0/s1. The third kappa shape index (κ3) is 8.15. The third-order valence-corrected chi connectivity index (χ3v) is 2.76. The molecule has 136 valence electrons. The molecule has 1 aromatic rings. The summed E-state index contributed by atoms with van der Waals surface area (Å²) in [4.78, 5) is 28.4. The zero-order valence-corrected chi connectivity index (χ0v) is 15.5. The quantitative estimate of drug-likeness (QED) is 0.840. The lowest BCUT2D eigenvalue weighted by molar-refractivity contribution is -0.157. The van der Waals surface area contributed by atoms with Gasteiger partial charge < -0.3 is 14.8 Å². The first-order chi connectivity index (χ1) is 11.4. The Morgan fingerprint density at radius 1 is 1.16 bits per heavy atom. The van der Waals surface area contributed by atoms with E-state index in [0.29, 0.717) is 5.56 Å². The molecule has 1 rings (SSSR count). The average molecular weight is 347 g/mol. The van der Waals surface area contributed by atoms with Gasteiger partial charge in [0.1, 0.15) is 29.0 Å². The van der Waals surface area contributed by atoms with Crippen LogP contribution in [-0.2, 0) is 20.7 Å². The number of carbonyl (C=O) groups is 2. The van der Waals surface area contributed by atoms with Crippen molar-refractivity contribution in [2.45, 2.75) is 65.2 Å². The zero-order valence-electron chi connectivity index (χ0n) is 15.5. The van der Waals surface area contributed by atoms with Gasteiger partial charge in [-0.2, -0.15) is 5.26 Å². The summed E-state index contributed by atoms with van der Waals surface area (Å²) >= 11 is 0. The molecule has 1 aromatic heterocycles. The van der Waals surface area contributed by atoms with Gasteiger partial charge in [-0.05, 0) is 53.2 Å². The molecule has 0 aromatic carbocycles. The summed E-state index contributed by atoms with van der Waals surface area (Å²) in [6.07, 6.45) is 0.962. The van der Waals surface area contributed by atoms with Crippen molar-refractivity contribution in [3.05, 3.63) is 29.6 Å². The van der Waals surface area contributed by atoms with Crippen molar-refractivity contribution in [2.24, 2.45) is 0 Å². The largest absolute Gasteiger partial charge is 0.458 e. The average Bonchev–Trinajstić information content (AvgIpc) is 2.43. The predicted molar refractivity (Wildman–Crippen MR) is 91.7 cm³/mol. The second-order valence-corrected chi connectivity index (χ2v) is 7.60. The molecule has 0 aliphatic carbocycles. The molecule has 0 bridgehead atoms. The van der Waals surface area contributed by atoms with Crippen LogP contribution in [-0.4, -0.2) is 34.3 Å². The number of ether oxygens (including phenoxy) is 2. The van der Waals surface area contributed by atoms with Crippen LogP contribution in [0.5, 0.6) is 0 Å². The Balaban J connectivity index is 2.91. The van der Waals surface area contributed by atoms with Crippen LogP contribution in [0.25, 0.3) is 0 Å². The highest BCUT2D eigenvalue weighted by Gasteiger charge is 2.29. The van der Waals surface area contributed by atoms with Crippen LogP contribution in [0.15, 0.2) is 18.3 Å². The molecule has 0 fully saturated rings. The first-order valence-electron chi connectivity index (χ1n) is 7.97. The number of carbonyl (C=O) groups excluding carboxylic acids is 2. The highest BCUT2D eigenvalue weighted by Crippen LogP contribution is 2.13. The lowest BCUT2D eigenvalue weighted by atomic mass is 10.1. The fourth-order valence-corrected chi connectivity index (χ4v) is 1.86. The molecule has 0 aliphatic heterocycles. The van der Waals surface area contributed by atoms with Crippen molar-refractivity contribution in [3.8, 4) is 6.07 Å². The van der Waals surface area contributed by atoms with Crippen molar-refractivity contribution in [3.63, 3.8) is 0 Å². The number of alkyl carbamates (subject to hydrolysis) is 1. The molecule has 0 saturated heterocycles. The van der Waals surface area contributed by atoms with Crippen molar-refractivity contribution >= 4 is 12.1 Å². The first kappa shape index (κ1) is 20.4. The molecule has 1 atom stereocenters. The number of hydrogen-bond acceptors (Lipinski definition) is 6. The Kier molecular flexibility index (Phi) is 6.51. The summed E-state index contributed by atoms with van der Waals surface area (Å²) in [5.41, 5.74) is -0.407. The zero-order chi connectivity index (χ0) is 19.3. The van der Waals surface area contributed by atoms with Crippen LogP contribution < -0.4 is 5.32 Å².